The maximum Gasteiger partial charge on any atom is 0.312 e. The highest BCUT2D eigenvalue weighted by atomic mass is 16.4. The Balaban J connectivity index is 2.45. The number of carbonyl (C=O) groups is 1. The second-order valence-corrected chi connectivity index (χ2v) is 5.04. The smallest absolute Gasteiger partial charge is 0.312 e. The van der Waals surface area contributed by atoms with Crippen LogP contribution in [0.3, 0.4) is 0 Å². The molecule has 18 heavy (non-hydrogen) atoms. The monoisotopic (exact) mass is 244 g/mol. The summed E-state index contributed by atoms with van der Waals surface area (Å²) in [5, 5.41) is 21.4. The van der Waals surface area contributed by atoms with Gasteiger partial charge in [0.25, 0.3) is 0 Å². The Hall–Kier alpha value is -1.87. The summed E-state index contributed by atoms with van der Waals surface area (Å²) >= 11 is 0. The molecule has 0 spiro atoms. The third-order valence-electron chi connectivity index (χ3n) is 3.32. The average molecular weight is 244 g/mol. The highest BCUT2D eigenvalue weighted by Crippen LogP contribution is 2.34. The van der Waals surface area contributed by atoms with Crippen molar-refractivity contribution in [2.24, 2.45) is 5.41 Å². The van der Waals surface area contributed by atoms with Crippen molar-refractivity contribution in [2.45, 2.75) is 20.0 Å². The quantitative estimate of drug-likeness (QED) is 0.872. The average Bonchev–Trinajstić information content (AvgIpc) is 2.37. The topological polar surface area (TPSA) is 57.5 Å². The zero-order valence-corrected chi connectivity index (χ0v) is 10.4. The van der Waals surface area contributed by atoms with Gasteiger partial charge in [0.1, 0.15) is 0 Å². The van der Waals surface area contributed by atoms with Crippen LogP contribution in [0.1, 0.15) is 25.5 Å². The Bertz CT molecular complexity index is 587. The van der Waals surface area contributed by atoms with E-state index in [0.717, 1.165) is 10.8 Å². The molecule has 0 aliphatic heterocycles. The largest absolute Gasteiger partial charge is 0.481 e. The van der Waals surface area contributed by atoms with Gasteiger partial charge in [-0.1, -0.05) is 36.4 Å². The van der Waals surface area contributed by atoms with Gasteiger partial charge in [-0.05, 0) is 36.2 Å². The van der Waals surface area contributed by atoms with Crippen LogP contribution in [0.5, 0.6) is 0 Å². The number of hydrogen-bond acceptors (Lipinski definition) is 2. The minimum atomic E-state index is -1.21. The fourth-order valence-electron chi connectivity index (χ4n) is 1.91. The molecule has 0 aromatic heterocycles. The van der Waals surface area contributed by atoms with Crippen molar-refractivity contribution in [3.05, 3.63) is 48.0 Å². The van der Waals surface area contributed by atoms with Crippen LogP contribution in [0.2, 0.25) is 0 Å². The number of aliphatic hydroxyl groups is 1. The summed E-state index contributed by atoms with van der Waals surface area (Å²) in [6.45, 7) is 3.05. The molecule has 94 valence electrons. The van der Waals surface area contributed by atoms with Gasteiger partial charge in [-0.2, -0.15) is 0 Å². The molecule has 1 atom stereocenters. The number of benzene rings is 2. The minimum Gasteiger partial charge on any atom is -0.481 e. The zero-order chi connectivity index (χ0) is 13.3. The summed E-state index contributed by atoms with van der Waals surface area (Å²) in [6, 6.07) is 13.3. The summed E-state index contributed by atoms with van der Waals surface area (Å²) in [5.41, 5.74) is -0.580. The second-order valence-electron chi connectivity index (χ2n) is 5.04. The first-order chi connectivity index (χ1) is 8.43. The summed E-state index contributed by atoms with van der Waals surface area (Å²) in [4.78, 5) is 11.1. The molecule has 0 saturated heterocycles. The summed E-state index contributed by atoms with van der Waals surface area (Å²) in [5.74, 6) is -1.01. The van der Waals surface area contributed by atoms with Crippen molar-refractivity contribution >= 4 is 16.7 Å². The van der Waals surface area contributed by atoms with Gasteiger partial charge in [-0.15, -0.1) is 0 Å². The van der Waals surface area contributed by atoms with Crippen molar-refractivity contribution in [3.63, 3.8) is 0 Å². The molecular weight excluding hydrogens is 228 g/mol. The molecular formula is C15H16O3. The van der Waals surface area contributed by atoms with Crippen LogP contribution in [0.15, 0.2) is 42.5 Å². The van der Waals surface area contributed by atoms with Crippen LogP contribution in [0.25, 0.3) is 10.8 Å². The normalized spacial score (nSPS) is 13.5. The molecule has 2 aromatic carbocycles. The van der Waals surface area contributed by atoms with Crippen molar-refractivity contribution in [1.29, 1.82) is 0 Å². The predicted molar refractivity (Wildman–Crippen MR) is 70.3 cm³/mol. The fourth-order valence-corrected chi connectivity index (χ4v) is 1.91. The van der Waals surface area contributed by atoms with Gasteiger partial charge in [0.15, 0.2) is 0 Å². The van der Waals surface area contributed by atoms with Gasteiger partial charge < -0.3 is 10.2 Å². The lowest BCUT2D eigenvalue weighted by Gasteiger charge is -2.26. The highest BCUT2D eigenvalue weighted by Gasteiger charge is 2.36. The van der Waals surface area contributed by atoms with Crippen molar-refractivity contribution < 1.29 is 15.0 Å². The number of aliphatic carboxylic acids is 1. The Kier molecular flexibility index (Phi) is 3.09. The van der Waals surface area contributed by atoms with Gasteiger partial charge in [0.05, 0.1) is 11.5 Å². The third-order valence-corrected chi connectivity index (χ3v) is 3.32. The Morgan fingerprint density at radius 2 is 1.72 bits per heavy atom. The van der Waals surface area contributed by atoms with Crippen LogP contribution in [-0.4, -0.2) is 16.2 Å². The van der Waals surface area contributed by atoms with Crippen LogP contribution < -0.4 is 0 Å². The minimum absolute atomic E-state index is 0.626. The molecule has 0 heterocycles. The van der Waals surface area contributed by atoms with Crippen LogP contribution >= 0.6 is 0 Å². The van der Waals surface area contributed by atoms with Gasteiger partial charge in [0.2, 0.25) is 0 Å². The van der Waals surface area contributed by atoms with E-state index in [9.17, 15) is 9.90 Å². The molecule has 2 rings (SSSR count). The van der Waals surface area contributed by atoms with E-state index < -0.39 is 17.5 Å². The number of aliphatic hydroxyl groups excluding tert-OH is 1. The van der Waals surface area contributed by atoms with E-state index in [1.54, 1.807) is 6.07 Å². The second kappa shape index (κ2) is 4.42. The molecule has 0 fully saturated rings. The fraction of sp³-hybridized carbons (Fsp3) is 0.267. The number of carboxylic acid groups (broad SMARTS) is 1. The highest BCUT2D eigenvalue weighted by molar-refractivity contribution is 5.83. The zero-order valence-electron chi connectivity index (χ0n) is 10.4. The van der Waals surface area contributed by atoms with Crippen molar-refractivity contribution in [2.75, 3.05) is 0 Å². The van der Waals surface area contributed by atoms with Gasteiger partial charge in [-0.25, -0.2) is 0 Å². The molecule has 0 amide bonds. The molecule has 0 bridgehead atoms. The van der Waals surface area contributed by atoms with Crippen LogP contribution in [-0.2, 0) is 4.79 Å². The van der Waals surface area contributed by atoms with Gasteiger partial charge >= 0.3 is 5.97 Å². The maximum absolute atomic E-state index is 11.1. The maximum atomic E-state index is 11.1. The van der Waals surface area contributed by atoms with E-state index in [1.165, 1.54) is 13.8 Å². The first kappa shape index (κ1) is 12.6. The molecule has 0 aliphatic carbocycles. The number of carboxylic acids is 1. The summed E-state index contributed by atoms with van der Waals surface area (Å²) < 4.78 is 0. The molecule has 2 aromatic rings. The van der Waals surface area contributed by atoms with E-state index in [-0.39, 0.29) is 0 Å². The number of rotatable bonds is 3. The standard InChI is InChI=1S/C15H16O3/c1-15(2,14(17)18)13(16)12-8-7-10-5-3-4-6-11(10)9-12/h3-9,13,16H,1-2H3,(H,17,18). The van der Waals surface area contributed by atoms with E-state index in [1.807, 2.05) is 36.4 Å². The SMILES string of the molecule is CC(C)(C(=O)O)C(O)c1ccc2ccccc2c1. The van der Waals surface area contributed by atoms with E-state index >= 15 is 0 Å². The Morgan fingerprint density at radius 3 is 2.33 bits per heavy atom. The Labute approximate surface area is 106 Å². The molecule has 3 heteroatoms. The lowest BCUT2D eigenvalue weighted by atomic mass is 9.82. The summed E-state index contributed by atoms with van der Waals surface area (Å²) in [6.07, 6.45) is -1.03. The summed E-state index contributed by atoms with van der Waals surface area (Å²) in [7, 11) is 0. The molecule has 0 saturated carbocycles. The number of hydrogen-bond donors (Lipinski definition) is 2. The Morgan fingerprint density at radius 1 is 1.11 bits per heavy atom. The molecule has 2 N–H and O–H groups in total. The van der Waals surface area contributed by atoms with E-state index in [2.05, 4.69) is 0 Å². The molecule has 0 radical (unpaired) electrons. The van der Waals surface area contributed by atoms with Crippen molar-refractivity contribution in [1.82, 2.24) is 0 Å². The van der Waals surface area contributed by atoms with E-state index in [4.69, 9.17) is 5.11 Å². The van der Waals surface area contributed by atoms with Gasteiger partial charge in [0, 0.05) is 0 Å². The van der Waals surface area contributed by atoms with Crippen molar-refractivity contribution in [3.8, 4) is 0 Å². The van der Waals surface area contributed by atoms with Gasteiger partial charge in [-0.3, -0.25) is 4.79 Å². The molecule has 0 aliphatic rings. The molecule has 3 nitrogen and oxygen atoms in total. The van der Waals surface area contributed by atoms with E-state index in [0.29, 0.717) is 5.56 Å². The third kappa shape index (κ3) is 2.09. The van der Waals surface area contributed by atoms with Crippen LogP contribution in [0.4, 0.5) is 0 Å². The van der Waals surface area contributed by atoms with Crippen LogP contribution in [0, 0.1) is 5.41 Å². The number of fused-ring (bicyclic) bond motifs is 1. The predicted octanol–water partition coefficient (Wildman–Crippen LogP) is 2.98. The first-order valence-corrected chi connectivity index (χ1v) is 5.83. The first-order valence-electron chi connectivity index (χ1n) is 5.83. The lowest BCUT2D eigenvalue weighted by molar-refractivity contribution is -0.153. The lowest BCUT2D eigenvalue weighted by Crippen LogP contribution is -2.31. The molecule has 1 unspecified atom stereocenters.